The maximum atomic E-state index is 9.32. The second kappa shape index (κ2) is 4.63. The summed E-state index contributed by atoms with van der Waals surface area (Å²) >= 11 is 3.44. The molecule has 0 fully saturated rings. The van der Waals surface area contributed by atoms with Gasteiger partial charge in [0.2, 0.25) is 0 Å². The zero-order chi connectivity index (χ0) is 12.5. The lowest BCUT2D eigenvalue weighted by molar-refractivity contribution is 0.218. The molecule has 4 heteroatoms. The topological polar surface area (TPSA) is 38.0 Å². The molecule has 0 spiro atoms. The molecule has 1 aromatic heterocycles. The fourth-order valence-corrected chi connectivity index (χ4v) is 2.04. The van der Waals surface area contributed by atoms with Gasteiger partial charge < -0.3 is 5.11 Å². The third kappa shape index (κ3) is 2.42. The highest BCUT2D eigenvalue weighted by Crippen LogP contribution is 2.24. The van der Waals surface area contributed by atoms with E-state index in [9.17, 15) is 5.11 Å². The number of aromatic nitrogens is 2. The zero-order valence-corrected chi connectivity index (χ0v) is 11.5. The van der Waals surface area contributed by atoms with Crippen LogP contribution in [-0.2, 0) is 5.41 Å². The first-order chi connectivity index (χ1) is 8.04. The fourth-order valence-electron chi connectivity index (χ4n) is 1.62. The largest absolute Gasteiger partial charge is 0.395 e. The predicted octanol–water partition coefficient (Wildman–Crippen LogP) is 2.90. The number of aliphatic hydroxyl groups excluding tert-OH is 1. The van der Waals surface area contributed by atoms with E-state index >= 15 is 0 Å². The van der Waals surface area contributed by atoms with Crippen LogP contribution in [0, 0.1) is 0 Å². The Morgan fingerprint density at radius 2 is 1.88 bits per heavy atom. The van der Waals surface area contributed by atoms with Gasteiger partial charge in [-0.05, 0) is 39.7 Å². The maximum Gasteiger partial charge on any atom is 0.109 e. The molecule has 0 saturated heterocycles. The van der Waals surface area contributed by atoms with Crippen molar-refractivity contribution in [2.45, 2.75) is 19.3 Å². The van der Waals surface area contributed by atoms with E-state index in [1.165, 1.54) is 0 Å². The molecule has 1 heterocycles. The molecular weight excluding hydrogens is 280 g/mol. The molecule has 3 nitrogen and oxygen atoms in total. The highest BCUT2D eigenvalue weighted by Gasteiger charge is 2.19. The summed E-state index contributed by atoms with van der Waals surface area (Å²) in [6.45, 7) is 4.18. The molecule has 0 bridgehead atoms. The first-order valence-electron chi connectivity index (χ1n) is 5.46. The van der Waals surface area contributed by atoms with Crippen LogP contribution < -0.4 is 0 Å². The summed E-state index contributed by atoms with van der Waals surface area (Å²) in [6, 6.07) is 9.96. The van der Waals surface area contributed by atoms with Gasteiger partial charge >= 0.3 is 0 Å². The molecule has 90 valence electrons. The van der Waals surface area contributed by atoms with Gasteiger partial charge in [-0.3, -0.25) is 0 Å². The smallest absolute Gasteiger partial charge is 0.109 e. The summed E-state index contributed by atoms with van der Waals surface area (Å²) in [5.41, 5.74) is 1.91. The van der Waals surface area contributed by atoms with Crippen LogP contribution in [0.3, 0.4) is 0 Å². The summed E-state index contributed by atoms with van der Waals surface area (Å²) < 4.78 is 2.74. The Balaban J connectivity index is 2.34. The Morgan fingerprint density at radius 1 is 1.24 bits per heavy atom. The van der Waals surface area contributed by atoms with Crippen molar-refractivity contribution in [3.63, 3.8) is 0 Å². The van der Waals surface area contributed by atoms with Crippen LogP contribution in [0.1, 0.15) is 19.4 Å². The standard InChI is InChI=1S/C13H15BrN2O/c1-13(2,9-17)10-3-5-11(6-4-10)16-12(14)7-8-15-16/h3-8,17H,9H2,1-2H3. The summed E-state index contributed by atoms with van der Waals surface area (Å²) in [7, 11) is 0. The van der Waals surface area contributed by atoms with E-state index < -0.39 is 0 Å². The van der Waals surface area contributed by atoms with Crippen LogP contribution in [-0.4, -0.2) is 21.5 Å². The van der Waals surface area contributed by atoms with Crippen molar-refractivity contribution in [3.8, 4) is 5.69 Å². The SMILES string of the molecule is CC(C)(CO)c1ccc(-n2nccc2Br)cc1. The van der Waals surface area contributed by atoms with Crippen LogP contribution in [0.25, 0.3) is 5.69 Å². The molecule has 0 saturated carbocycles. The molecule has 0 amide bonds. The third-order valence-electron chi connectivity index (χ3n) is 2.89. The average Bonchev–Trinajstić information content (AvgIpc) is 2.76. The Morgan fingerprint density at radius 3 is 2.35 bits per heavy atom. The minimum atomic E-state index is -0.208. The van der Waals surface area contributed by atoms with Crippen LogP contribution in [0.5, 0.6) is 0 Å². The molecule has 0 aliphatic rings. The molecule has 2 rings (SSSR count). The van der Waals surface area contributed by atoms with Crippen molar-refractivity contribution in [1.29, 1.82) is 0 Å². The summed E-state index contributed by atoms with van der Waals surface area (Å²) in [5, 5.41) is 13.5. The minimum absolute atomic E-state index is 0.137. The zero-order valence-electron chi connectivity index (χ0n) is 9.89. The normalized spacial score (nSPS) is 11.8. The van der Waals surface area contributed by atoms with Crippen LogP contribution >= 0.6 is 15.9 Å². The highest BCUT2D eigenvalue weighted by atomic mass is 79.9. The molecule has 0 aliphatic carbocycles. The van der Waals surface area contributed by atoms with Gasteiger partial charge in [0.25, 0.3) is 0 Å². The Labute approximate surface area is 109 Å². The lowest BCUT2D eigenvalue weighted by Gasteiger charge is -2.22. The van der Waals surface area contributed by atoms with Gasteiger partial charge in [0, 0.05) is 5.41 Å². The van der Waals surface area contributed by atoms with Crippen LogP contribution in [0.15, 0.2) is 41.1 Å². The van der Waals surface area contributed by atoms with E-state index in [-0.39, 0.29) is 12.0 Å². The Hall–Kier alpha value is -1.13. The van der Waals surface area contributed by atoms with Crippen molar-refractivity contribution in [2.24, 2.45) is 0 Å². The van der Waals surface area contributed by atoms with Crippen molar-refractivity contribution in [1.82, 2.24) is 9.78 Å². The number of rotatable bonds is 3. The summed E-state index contributed by atoms with van der Waals surface area (Å²) in [4.78, 5) is 0. The Bertz CT molecular complexity index is 502. The molecular formula is C13H15BrN2O. The minimum Gasteiger partial charge on any atom is -0.395 e. The van der Waals surface area contributed by atoms with Gasteiger partial charge in [-0.1, -0.05) is 26.0 Å². The molecule has 0 atom stereocenters. The maximum absolute atomic E-state index is 9.32. The lowest BCUT2D eigenvalue weighted by atomic mass is 9.86. The van der Waals surface area contributed by atoms with Gasteiger partial charge in [0.05, 0.1) is 18.5 Å². The van der Waals surface area contributed by atoms with Gasteiger partial charge in [-0.2, -0.15) is 5.10 Å². The molecule has 0 unspecified atom stereocenters. The lowest BCUT2D eigenvalue weighted by Crippen LogP contribution is -2.21. The fraction of sp³-hybridized carbons (Fsp3) is 0.308. The molecule has 0 aliphatic heterocycles. The number of benzene rings is 1. The number of hydrogen-bond acceptors (Lipinski definition) is 2. The number of halogens is 1. The summed E-state index contributed by atoms with van der Waals surface area (Å²) in [5.74, 6) is 0. The highest BCUT2D eigenvalue weighted by molar-refractivity contribution is 9.10. The molecule has 1 N–H and O–H groups in total. The van der Waals surface area contributed by atoms with Gasteiger partial charge in [-0.15, -0.1) is 0 Å². The number of aliphatic hydroxyl groups is 1. The predicted molar refractivity (Wildman–Crippen MR) is 71.4 cm³/mol. The van der Waals surface area contributed by atoms with Gasteiger partial charge in [0.1, 0.15) is 4.60 Å². The van der Waals surface area contributed by atoms with E-state index in [1.54, 1.807) is 6.20 Å². The number of hydrogen-bond donors (Lipinski definition) is 1. The summed E-state index contributed by atoms with van der Waals surface area (Å²) in [6.07, 6.45) is 1.75. The monoisotopic (exact) mass is 294 g/mol. The van der Waals surface area contributed by atoms with Crippen LogP contribution in [0.2, 0.25) is 0 Å². The van der Waals surface area contributed by atoms with E-state index in [4.69, 9.17) is 0 Å². The van der Waals surface area contributed by atoms with E-state index in [1.807, 2.05) is 48.9 Å². The van der Waals surface area contributed by atoms with Crippen molar-refractivity contribution < 1.29 is 5.11 Å². The van der Waals surface area contributed by atoms with Crippen molar-refractivity contribution in [3.05, 3.63) is 46.7 Å². The van der Waals surface area contributed by atoms with Crippen molar-refractivity contribution >= 4 is 15.9 Å². The molecule has 1 aromatic carbocycles. The average molecular weight is 295 g/mol. The van der Waals surface area contributed by atoms with E-state index in [2.05, 4.69) is 21.0 Å². The second-order valence-corrected chi connectivity index (χ2v) is 5.47. The first-order valence-corrected chi connectivity index (χ1v) is 6.25. The van der Waals surface area contributed by atoms with Gasteiger partial charge in [0.15, 0.2) is 0 Å². The quantitative estimate of drug-likeness (QED) is 0.945. The van der Waals surface area contributed by atoms with E-state index in [0.29, 0.717) is 0 Å². The second-order valence-electron chi connectivity index (χ2n) is 4.65. The Kier molecular flexibility index (Phi) is 3.35. The molecule has 0 radical (unpaired) electrons. The van der Waals surface area contributed by atoms with Crippen molar-refractivity contribution in [2.75, 3.05) is 6.61 Å². The molecule has 2 aromatic rings. The van der Waals surface area contributed by atoms with E-state index in [0.717, 1.165) is 15.9 Å². The third-order valence-corrected chi connectivity index (χ3v) is 3.49. The first kappa shape index (κ1) is 12.3. The molecule has 17 heavy (non-hydrogen) atoms. The van der Waals surface area contributed by atoms with Gasteiger partial charge in [-0.25, -0.2) is 4.68 Å². The number of nitrogens with zero attached hydrogens (tertiary/aromatic N) is 2. The van der Waals surface area contributed by atoms with Crippen LogP contribution in [0.4, 0.5) is 0 Å².